The van der Waals surface area contributed by atoms with E-state index in [-0.39, 0.29) is 0 Å². The standard InChI is InChI=1S/C9H18N2/c1-3-10-8-6-11(2)7-9(8)4-5-9/h8,10H,3-7H2,1-2H3. The van der Waals surface area contributed by atoms with Crippen LogP contribution in [0, 0.1) is 5.41 Å². The fraction of sp³-hybridized carbons (Fsp3) is 1.00. The third-order valence-corrected chi connectivity index (χ3v) is 3.16. The third-order valence-electron chi connectivity index (χ3n) is 3.16. The van der Waals surface area contributed by atoms with Gasteiger partial charge in [-0.15, -0.1) is 0 Å². The Morgan fingerprint density at radius 1 is 1.55 bits per heavy atom. The molecule has 1 aliphatic carbocycles. The van der Waals surface area contributed by atoms with Gasteiger partial charge in [0.1, 0.15) is 0 Å². The van der Waals surface area contributed by atoms with Crippen LogP contribution in [-0.4, -0.2) is 37.6 Å². The van der Waals surface area contributed by atoms with E-state index in [1.165, 1.54) is 25.9 Å². The monoisotopic (exact) mass is 154 g/mol. The van der Waals surface area contributed by atoms with E-state index < -0.39 is 0 Å². The highest BCUT2D eigenvalue weighted by atomic mass is 15.2. The molecule has 1 aliphatic heterocycles. The molecule has 0 amide bonds. The highest BCUT2D eigenvalue weighted by Gasteiger charge is 2.53. The van der Waals surface area contributed by atoms with Gasteiger partial charge in [0.2, 0.25) is 0 Å². The Labute approximate surface area is 69.0 Å². The van der Waals surface area contributed by atoms with Crippen LogP contribution in [0.5, 0.6) is 0 Å². The molecule has 0 aromatic rings. The van der Waals surface area contributed by atoms with Gasteiger partial charge in [0, 0.05) is 19.1 Å². The van der Waals surface area contributed by atoms with Crippen LogP contribution in [0.4, 0.5) is 0 Å². The van der Waals surface area contributed by atoms with Crippen molar-refractivity contribution in [1.82, 2.24) is 10.2 Å². The lowest BCUT2D eigenvalue weighted by molar-refractivity contribution is 0.389. The molecule has 1 saturated carbocycles. The smallest absolute Gasteiger partial charge is 0.0263 e. The zero-order valence-electron chi connectivity index (χ0n) is 7.56. The summed E-state index contributed by atoms with van der Waals surface area (Å²) in [5.41, 5.74) is 0.699. The molecule has 11 heavy (non-hydrogen) atoms. The minimum absolute atomic E-state index is 0.699. The van der Waals surface area contributed by atoms with Crippen molar-refractivity contribution < 1.29 is 0 Å². The molecule has 2 rings (SSSR count). The molecule has 0 aromatic heterocycles. The van der Waals surface area contributed by atoms with Crippen LogP contribution in [0.3, 0.4) is 0 Å². The number of likely N-dealkylation sites (tertiary alicyclic amines) is 1. The van der Waals surface area contributed by atoms with Gasteiger partial charge in [0.05, 0.1) is 0 Å². The van der Waals surface area contributed by atoms with Gasteiger partial charge in [0.15, 0.2) is 0 Å². The maximum absolute atomic E-state index is 3.59. The Balaban J connectivity index is 1.97. The summed E-state index contributed by atoms with van der Waals surface area (Å²) in [6, 6.07) is 0.789. The summed E-state index contributed by atoms with van der Waals surface area (Å²) in [5, 5.41) is 3.59. The Bertz CT molecular complexity index is 152. The van der Waals surface area contributed by atoms with Crippen molar-refractivity contribution in [2.45, 2.75) is 25.8 Å². The van der Waals surface area contributed by atoms with Crippen LogP contribution in [0.25, 0.3) is 0 Å². The van der Waals surface area contributed by atoms with Crippen molar-refractivity contribution in [2.24, 2.45) is 5.41 Å². The number of nitrogens with zero attached hydrogens (tertiary/aromatic N) is 1. The predicted octanol–water partition coefficient (Wildman–Crippen LogP) is 0.690. The van der Waals surface area contributed by atoms with Crippen molar-refractivity contribution in [1.29, 1.82) is 0 Å². The van der Waals surface area contributed by atoms with Gasteiger partial charge in [-0.1, -0.05) is 6.92 Å². The van der Waals surface area contributed by atoms with Gasteiger partial charge in [-0.25, -0.2) is 0 Å². The van der Waals surface area contributed by atoms with Crippen LogP contribution < -0.4 is 5.32 Å². The number of hydrogen-bond acceptors (Lipinski definition) is 2. The molecule has 1 N–H and O–H groups in total. The molecule has 0 bridgehead atoms. The largest absolute Gasteiger partial charge is 0.312 e. The van der Waals surface area contributed by atoms with Crippen LogP contribution in [-0.2, 0) is 0 Å². The molecule has 2 heteroatoms. The van der Waals surface area contributed by atoms with Crippen molar-refractivity contribution in [3.05, 3.63) is 0 Å². The SMILES string of the molecule is CCNC1CN(C)CC12CC2. The van der Waals surface area contributed by atoms with Crippen molar-refractivity contribution in [3.63, 3.8) is 0 Å². The predicted molar refractivity (Wildman–Crippen MR) is 46.6 cm³/mol. The molecule has 2 aliphatic rings. The minimum atomic E-state index is 0.699. The van der Waals surface area contributed by atoms with Crippen LogP contribution >= 0.6 is 0 Å². The Morgan fingerprint density at radius 3 is 2.82 bits per heavy atom. The summed E-state index contributed by atoms with van der Waals surface area (Å²) < 4.78 is 0. The van der Waals surface area contributed by atoms with E-state index in [2.05, 4.69) is 24.2 Å². The number of nitrogens with one attached hydrogen (secondary N) is 1. The van der Waals surface area contributed by atoms with E-state index in [1.807, 2.05) is 0 Å². The van der Waals surface area contributed by atoms with E-state index in [1.54, 1.807) is 0 Å². The number of hydrogen-bond donors (Lipinski definition) is 1. The van der Waals surface area contributed by atoms with E-state index >= 15 is 0 Å². The molecule has 2 fully saturated rings. The third kappa shape index (κ3) is 1.18. The molecule has 1 saturated heterocycles. The lowest BCUT2D eigenvalue weighted by atomic mass is 10.0. The summed E-state index contributed by atoms with van der Waals surface area (Å²) in [6.45, 7) is 5.91. The van der Waals surface area contributed by atoms with Crippen LogP contribution in [0.15, 0.2) is 0 Å². The van der Waals surface area contributed by atoms with E-state index in [9.17, 15) is 0 Å². The molecule has 1 heterocycles. The van der Waals surface area contributed by atoms with Gasteiger partial charge >= 0.3 is 0 Å². The molecular weight excluding hydrogens is 136 g/mol. The lowest BCUT2D eigenvalue weighted by Gasteiger charge is -2.17. The van der Waals surface area contributed by atoms with Crippen molar-refractivity contribution in [2.75, 3.05) is 26.7 Å². The molecule has 0 aromatic carbocycles. The quantitative estimate of drug-likeness (QED) is 0.629. The highest BCUT2D eigenvalue weighted by Crippen LogP contribution is 2.52. The Morgan fingerprint density at radius 2 is 2.27 bits per heavy atom. The summed E-state index contributed by atoms with van der Waals surface area (Å²) in [4.78, 5) is 2.46. The first-order valence-corrected chi connectivity index (χ1v) is 4.69. The number of rotatable bonds is 2. The molecule has 1 atom stereocenters. The minimum Gasteiger partial charge on any atom is -0.312 e. The normalized spacial score (nSPS) is 34.9. The molecule has 1 spiro atoms. The molecule has 0 radical (unpaired) electrons. The first kappa shape index (κ1) is 7.56. The highest BCUT2D eigenvalue weighted by molar-refractivity contribution is 5.08. The maximum Gasteiger partial charge on any atom is 0.0263 e. The van der Waals surface area contributed by atoms with Crippen LogP contribution in [0.1, 0.15) is 19.8 Å². The van der Waals surface area contributed by atoms with Crippen LogP contribution in [0.2, 0.25) is 0 Å². The second kappa shape index (κ2) is 2.46. The molecule has 1 unspecified atom stereocenters. The van der Waals surface area contributed by atoms with E-state index in [0.29, 0.717) is 5.41 Å². The van der Waals surface area contributed by atoms with Gasteiger partial charge in [-0.3, -0.25) is 0 Å². The van der Waals surface area contributed by atoms with Gasteiger partial charge in [-0.2, -0.15) is 0 Å². The zero-order valence-corrected chi connectivity index (χ0v) is 7.56. The topological polar surface area (TPSA) is 15.3 Å². The molecular formula is C9H18N2. The molecule has 64 valence electrons. The number of likely N-dealkylation sites (N-methyl/N-ethyl adjacent to an activating group) is 2. The Hall–Kier alpha value is -0.0800. The van der Waals surface area contributed by atoms with Crippen molar-refractivity contribution in [3.8, 4) is 0 Å². The average molecular weight is 154 g/mol. The second-order valence-corrected chi connectivity index (χ2v) is 4.17. The Kier molecular flexibility index (Phi) is 1.69. The van der Waals surface area contributed by atoms with Gasteiger partial charge in [-0.05, 0) is 31.8 Å². The van der Waals surface area contributed by atoms with Gasteiger partial charge < -0.3 is 10.2 Å². The maximum atomic E-state index is 3.59. The lowest BCUT2D eigenvalue weighted by Crippen LogP contribution is -2.36. The first-order chi connectivity index (χ1) is 5.27. The fourth-order valence-corrected chi connectivity index (χ4v) is 2.41. The van der Waals surface area contributed by atoms with Gasteiger partial charge in [0.25, 0.3) is 0 Å². The van der Waals surface area contributed by atoms with E-state index in [0.717, 1.165) is 12.6 Å². The van der Waals surface area contributed by atoms with E-state index in [4.69, 9.17) is 0 Å². The first-order valence-electron chi connectivity index (χ1n) is 4.69. The fourth-order valence-electron chi connectivity index (χ4n) is 2.41. The second-order valence-electron chi connectivity index (χ2n) is 4.17. The average Bonchev–Trinajstić information content (AvgIpc) is 2.61. The summed E-state index contributed by atoms with van der Waals surface area (Å²) in [5.74, 6) is 0. The van der Waals surface area contributed by atoms with Crippen molar-refractivity contribution >= 4 is 0 Å². The summed E-state index contributed by atoms with van der Waals surface area (Å²) in [7, 11) is 2.23. The summed E-state index contributed by atoms with van der Waals surface area (Å²) in [6.07, 6.45) is 2.91. The molecule has 2 nitrogen and oxygen atoms in total. The zero-order chi connectivity index (χ0) is 7.90. The summed E-state index contributed by atoms with van der Waals surface area (Å²) >= 11 is 0.